The van der Waals surface area contributed by atoms with Gasteiger partial charge in [0, 0.05) is 47.6 Å². The van der Waals surface area contributed by atoms with E-state index >= 15 is 0 Å². The standard InChI is InChI=1S/C51H31N3OS/c1-3-9-32(10-4-1)34-15-19-36(20-16-34)49-52-50(54-51(53-49)40-24-26-42-41-13-7-8-14-45(41)55-46(42)30-40)37-21-17-35(18-22-37)39-23-27-43-44-29-38(33-11-5-2-6-12-33)25-28-47(44)56-48(43)31-39/h1-31H. The molecule has 0 amide bonds. The van der Waals surface area contributed by atoms with E-state index in [1.54, 1.807) is 0 Å². The van der Waals surface area contributed by atoms with Crippen LogP contribution in [0.25, 0.3) is 110 Å². The predicted octanol–water partition coefficient (Wildman–Crippen LogP) is 14.1. The van der Waals surface area contributed by atoms with Gasteiger partial charge >= 0.3 is 0 Å². The van der Waals surface area contributed by atoms with Gasteiger partial charge < -0.3 is 4.42 Å². The molecule has 4 nitrogen and oxygen atoms in total. The number of aromatic nitrogens is 3. The average Bonchev–Trinajstić information content (AvgIpc) is 3.84. The molecule has 0 radical (unpaired) electrons. The molecule has 5 heteroatoms. The summed E-state index contributed by atoms with van der Waals surface area (Å²) in [6, 6.07) is 65.8. The van der Waals surface area contributed by atoms with Gasteiger partial charge in [0.2, 0.25) is 0 Å². The molecule has 0 bridgehead atoms. The number of thiophene rings is 1. The summed E-state index contributed by atoms with van der Waals surface area (Å²) in [5, 5.41) is 4.74. The Hall–Kier alpha value is -7.21. The van der Waals surface area contributed by atoms with Gasteiger partial charge in [-0.2, -0.15) is 0 Å². The van der Waals surface area contributed by atoms with E-state index in [2.05, 4.69) is 158 Å². The van der Waals surface area contributed by atoms with E-state index < -0.39 is 0 Å². The Morgan fingerprint density at radius 3 is 1.45 bits per heavy atom. The smallest absolute Gasteiger partial charge is 0.164 e. The number of benzene rings is 8. The highest BCUT2D eigenvalue weighted by Crippen LogP contribution is 2.39. The maximum absolute atomic E-state index is 6.25. The van der Waals surface area contributed by atoms with Crippen molar-refractivity contribution in [2.75, 3.05) is 0 Å². The minimum atomic E-state index is 0.592. The van der Waals surface area contributed by atoms with E-state index in [9.17, 15) is 0 Å². The van der Waals surface area contributed by atoms with Gasteiger partial charge in [0.25, 0.3) is 0 Å². The third-order valence-electron chi connectivity index (χ3n) is 10.6. The Labute approximate surface area is 327 Å². The van der Waals surface area contributed by atoms with Crippen molar-refractivity contribution in [3.05, 3.63) is 188 Å². The molecule has 0 N–H and O–H groups in total. The normalized spacial score (nSPS) is 11.6. The van der Waals surface area contributed by atoms with Crippen molar-refractivity contribution in [2.24, 2.45) is 0 Å². The second-order valence-corrected chi connectivity index (χ2v) is 15.1. The molecule has 0 atom stereocenters. The molecule has 56 heavy (non-hydrogen) atoms. The summed E-state index contributed by atoms with van der Waals surface area (Å²) in [7, 11) is 0. The highest BCUT2D eigenvalue weighted by molar-refractivity contribution is 7.25. The highest BCUT2D eigenvalue weighted by Gasteiger charge is 2.16. The summed E-state index contributed by atoms with van der Waals surface area (Å²) < 4.78 is 8.82. The van der Waals surface area contributed by atoms with Crippen LogP contribution in [-0.4, -0.2) is 15.0 Å². The molecule has 0 spiro atoms. The van der Waals surface area contributed by atoms with E-state index in [0.717, 1.165) is 49.8 Å². The summed E-state index contributed by atoms with van der Waals surface area (Å²) >= 11 is 1.84. The van der Waals surface area contributed by atoms with Crippen molar-refractivity contribution in [1.29, 1.82) is 0 Å². The number of hydrogen-bond donors (Lipinski definition) is 0. The first-order valence-corrected chi connectivity index (χ1v) is 19.5. The van der Waals surface area contributed by atoms with Crippen LogP contribution in [0.15, 0.2) is 192 Å². The van der Waals surface area contributed by atoms with Gasteiger partial charge in [0.05, 0.1) is 0 Å². The third-order valence-corrected chi connectivity index (χ3v) is 11.7. The molecule has 0 unspecified atom stereocenters. The Kier molecular flexibility index (Phi) is 7.64. The number of hydrogen-bond acceptors (Lipinski definition) is 5. The van der Waals surface area contributed by atoms with Gasteiger partial charge in [-0.1, -0.05) is 152 Å². The quantitative estimate of drug-likeness (QED) is 0.171. The predicted molar refractivity (Wildman–Crippen MR) is 233 cm³/mol. The van der Waals surface area contributed by atoms with Crippen molar-refractivity contribution in [2.45, 2.75) is 0 Å². The van der Waals surface area contributed by atoms with Crippen LogP contribution < -0.4 is 0 Å². The lowest BCUT2D eigenvalue weighted by Crippen LogP contribution is -2.00. The maximum atomic E-state index is 6.25. The molecule has 262 valence electrons. The zero-order valence-electron chi connectivity index (χ0n) is 30.1. The van der Waals surface area contributed by atoms with Crippen molar-refractivity contribution in [1.82, 2.24) is 15.0 Å². The van der Waals surface area contributed by atoms with Crippen molar-refractivity contribution >= 4 is 53.4 Å². The largest absolute Gasteiger partial charge is 0.456 e. The molecule has 3 aromatic heterocycles. The first-order chi connectivity index (χ1) is 27.7. The molecular formula is C51H31N3OS. The number of fused-ring (bicyclic) bond motifs is 6. The molecule has 0 fully saturated rings. The van der Waals surface area contributed by atoms with Crippen molar-refractivity contribution in [3.63, 3.8) is 0 Å². The van der Waals surface area contributed by atoms with E-state index in [4.69, 9.17) is 19.4 Å². The van der Waals surface area contributed by atoms with Gasteiger partial charge in [-0.25, -0.2) is 15.0 Å². The van der Waals surface area contributed by atoms with Crippen LogP contribution in [0, 0.1) is 0 Å². The van der Waals surface area contributed by atoms with Gasteiger partial charge in [0.1, 0.15) is 11.2 Å². The first-order valence-electron chi connectivity index (χ1n) is 18.7. The zero-order valence-corrected chi connectivity index (χ0v) is 30.9. The Morgan fingerprint density at radius 1 is 0.286 bits per heavy atom. The molecule has 0 aliphatic heterocycles. The van der Waals surface area contributed by atoms with E-state index in [-0.39, 0.29) is 0 Å². The van der Waals surface area contributed by atoms with E-state index in [1.807, 2.05) is 41.7 Å². The van der Waals surface area contributed by atoms with Crippen LogP contribution >= 0.6 is 11.3 Å². The SMILES string of the molecule is c1ccc(-c2ccc(-c3nc(-c4ccc(-c5ccc6c(c5)sc5ccc(-c7ccccc7)cc56)cc4)nc(-c4ccc5c(c4)oc4ccccc45)n3)cc2)cc1. The van der Waals surface area contributed by atoms with E-state index in [1.165, 1.54) is 42.4 Å². The van der Waals surface area contributed by atoms with E-state index in [0.29, 0.717) is 17.5 Å². The number of rotatable bonds is 6. The maximum Gasteiger partial charge on any atom is 0.164 e. The van der Waals surface area contributed by atoms with Crippen LogP contribution in [0.5, 0.6) is 0 Å². The summed E-state index contributed by atoms with van der Waals surface area (Å²) in [6.45, 7) is 0. The molecule has 0 saturated carbocycles. The monoisotopic (exact) mass is 733 g/mol. The fourth-order valence-electron chi connectivity index (χ4n) is 7.65. The fourth-order valence-corrected chi connectivity index (χ4v) is 8.77. The van der Waals surface area contributed by atoms with Gasteiger partial charge in [-0.15, -0.1) is 11.3 Å². The Balaban J connectivity index is 0.967. The molecule has 11 aromatic rings. The highest BCUT2D eigenvalue weighted by atomic mass is 32.1. The Bertz CT molecular complexity index is 3220. The van der Waals surface area contributed by atoms with Crippen LogP contribution in [0.4, 0.5) is 0 Å². The summed E-state index contributed by atoms with van der Waals surface area (Å²) in [6.07, 6.45) is 0. The molecule has 0 aliphatic carbocycles. The zero-order chi connectivity index (χ0) is 37.0. The van der Waals surface area contributed by atoms with Gasteiger partial charge in [0.15, 0.2) is 17.5 Å². The number of para-hydroxylation sites is 1. The van der Waals surface area contributed by atoms with Crippen LogP contribution in [0.3, 0.4) is 0 Å². The molecule has 11 rings (SSSR count). The lowest BCUT2D eigenvalue weighted by molar-refractivity contribution is 0.669. The molecule has 0 saturated heterocycles. The van der Waals surface area contributed by atoms with Crippen molar-refractivity contribution in [3.8, 4) is 67.5 Å². The minimum Gasteiger partial charge on any atom is -0.456 e. The van der Waals surface area contributed by atoms with Crippen LogP contribution in [0.2, 0.25) is 0 Å². The minimum absolute atomic E-state index is 0.592. The molecule has 8 aromatic carbocycles. The summed E-state index contributed by atoms with van der Waals surface area (Å²) in [4.78, 5) is 15.1. The summed E-state index contributed by atoms with van der Waals surface area (Å²) in [5.74, 6) is 1.82. The fraction of sp³-hybridized carbons (Fsp3) is 0. The summed E-state index contributed by atoms with van der Waals surface area (Å²) in [5.41, 5.74) is 11.5. The number of furan rings is 1. The van der Waals surface area contributed by atoms with Crippen molar-refractivity contribution < 1.29 is 4.42 Å². The second-order valence-electron chi connectivity index (χ2n) is 14.0. The second kappa shape index (κ2) is 13.3. The molecule has 0 aliphatic rings. The lowest BCUT2D eigenvalue weighted by Gasteiger charge is -2.10. The first kappa shape index (κ1) is 32.2. The van der Waals surface area contributed by atoms with Gasteiger partial charge in [-0.3, -0.25) is 0 Å². The Morgan fingerprint density at radius 2 is 0.750 bits per heavy atom. The number of nitrogens with zero attached hydrogens (tertiary/aromatic N) is 3. The average molecular weight is 734 g/mol. The van der Waals surface area contributed by atoms with Gasteiger partial charge in [-0.05, 0) is 69.8 Å². The molecular weight excluding hydrogens is 703 g/mol. The topological polar surface area (TPSA) is 51.8 Å². The molecule has 3 heterocycles. The lowest BCUT2D eigenvalue weighted by atomic mass is 10.0. The van der Waals surface area contributed by atoms with Crippen LogP contribution in [0.1, 0.15) is 0 Å². The third kappa shape index (κ3) is 5.74. The van der Waals surface area contributed by atoms with Crippen LogP contribution in [-0.2, 0) is 0 Å².